The van der Waals surface area contributed by atoms with Crippen LogP contribution in [0.25, 0.3) is 4.91 Å². The van der Waals surface area contributed by atoms with Gasteiger partial charge in [-0.3, -0.25) is 9.48 Å². The largest absolute Gasteiger partial charge is 0.435 e. The van der Waals surface area contributed by atoms with E-state index in [0.29, 0.717) is 17.0 Å². The molecule has 2 heterocycles. The van der Waals surface area contributed by atoms with E-state index in [1.807, 2.05) is 36.5 Å². The fourth-order valence-corrected chi connectivity index (χ4v) is 3.94. The van der Waals surface area contributed by atoms with Crippen LogP contribution in [0.1, 0.15) is 37.6 Å². The van der Waals surface area contributed by atoms with E-state index in [1.165, 1.54) is 23.4 Å². The quantitative estimate of drug-likeness (QED) is 0.723. The van der Waals surface area contributed by atoms with Crippen molar-refractivity contribution in [3.8, 4) is 0 Å². The van der Waals surface area contributed by atoms with E-state index >= 15 is 0 Å². The molecule has 0 spiro atoms. The molecule has 0 aromatic carbocycles. The van der Waals surface area contributed by atoms with E-state index in [2.05, 4.69) is 5.10 Å². The predicted molar refractivity (Wildman–Crippen MR) is 97.5 cm³/mol. The number of aromatic nitrogens is 2. The summed E-state index contributed by atoms with van der Waals surface area (Å²) in [5.74, 6) is 0.0270. The van der Waals surface area contributed by atoms with Gasteiger partial charge in [0.15, 0.2) is 5.69 Å². The molecule has 3 nitrogen and oxygen atoms in total. The van der Waals surface area contributed by atoms with Gasteiger partial charge in [-0.05, 0) is 37.8 Å². The SMILES string of the molecule is CC(=O)C1CC=C(c2cc(C(F)(F)F)nn2CC2=C/C=C\CC/C=C\2)S1. The Balaban J connectivity index is 1.93. The molecule has 0 saturated heterocycles. The van der Waals surface area contributed by atoms with Crippen molar-refractivity contribution < 1.29 is 18.0 Å². The van der Waals surface area contributed by atoms with Gasteiger partial charge in [0.25, 0.3) is 0 Å². The van der Waals surface area contributed by atoms with E-state index in [9.17, 15) is 18.0 Å². The number of thioether (sulfide) groups is 1. The lowest BCUT2D eigenvalue weighted by Crippen LogP contribution is -2.10. The molecule has 3 rings (SSSR count). The average molecular weight is 380 g/mol. The molecule has 2 aliphatic rings. The Morgan fingerprint density at radius 1 is 1.35 bits per heavy atom. The van der Waals surface area contributed by atoms with Crippen LogP contribution in [0, 0.1) is 0 Å². The van der Waals surface area contributed by atoms with Crippen molar-refractivity contribution in [2.75, 3.05) is 0 Å². The number of nitrogens with zero attached hydrogens (tertiary/aromatic N) is 2. The van der Waals surface area contributed by atoms with Crippen LogP contribution in [-0.4, -0.2) is 20.8 Å². The fourth-order valence-electron chi connectivity index (χ4n) is 2.80. The molecule has 1 unspecified atom stereocenters. The topological polar surface area (TPSA) is 34.9 Å². The minimum absolute atomic E-state index is 0.0270. The molecule has 0 saturated carbocycles. The van der Waals surface area contributed by atoms with Crippen molar-refractivity contribution in [3.05, 3.63) is 59.5 Å². The highest BCUT2D eigenvalue weighted by Crippen LogP contribution is 2.41. The van der Waals surface area contributed by atoms with Crippen LogP contribution in [-0.2, 0) is 17.5 Å². The van der Waals surface area contributed by atoms with Gasteiger partial charge >= 0.3 is 6.18 Å². The zero-order valence-corrected chi connectivity index (χ0v) is 15.1. The first kappa shape index (κ1) is 18.8. The fraction of sp³-hybridized carbons (Fsp3) is 0.368. The van der Waals surface area contributed by atoms with Gasteiger partial charge in [0.2, 0.25) is 0 Å². The Labute approximate surface area is 154 Å². The number of carbonyl (C=O) groups excluding carboxylic acids is 1. The number of Topliss-reactive ketones (excluding diaryl/α,β-unsaturated/α-hetero) is 1. The van der Waals surface area contributed by atoms with E-state index in [1.54, 1.807) is 0 Å². The van der Waals surface area contributed by atoms with Crippen LogP contribution in [0.2, 0.25) is 0 Å². The molecule has 0 N–H and O–H groups in total. The third kappa shape index (κ3) is 4.38. The van der Waals surface area contributed by atoms with E-state index in [0.717, 1.165) is 24.5 Å². The van der Waals surface area contributed by atoms with Gasteiger partial charge in [0.1, 0.15) is 5.78 Å². The summed E-state index contributed by atoms with van der Waals surface area (Å²) in [6.45, 7) is 1.75. The lowest BCUT2D eigenvalue weighted by Gasteiger charge is -2.10. The maximum Gasteiger partial charge on any atom is 0.435 e. The molecule has 0 bridgehead atoms. The van der Waals surface area contributed by atoms with Crippen LogP contribution < -0.4 is 0 Å². The molecule has 0 fully saturated rings. The Kier molecular flexibility index (Phi) is 5.55. The van der Waals surface area contributed by atoms with Gasteiger partial charge in [0.05, 0.1) is 17.5 Å². The van der Waals surface area contributed by atoms with E-state index in [-0.39, 0.29) is 17.6 Å². The number of ketones is 1. The zero-order valence-electron chi connectivity index (χ0n) is 14.3. The Bertz CT molecular complexity index is 815. The third-order valence-electron chi connectivity index (χ3n) is 4.17. The molecular weight excluding hydrogens is 361 g/mol. The van der Waals surface area contributed by atoms with Crippen LogP contribution in [0.3, 0.4) is 0 Å². The lowest BCUT2D eigenvalue weighted by atomic mass is 10.1. The predicted octanol–water partition coefficient (Wildman–Crippen LogP) is 5.17. The molecule has 1 atom stereocenters. The molecule has 1 aliphatic carbocycles. The number of carbonyl (C=O) groups is 1. The van der Waals surface area contributed by atoms with Crippen LogP contribution >= 0.6 is 11.8 Å². The first-order chi connectivity index (χ1) is 12.3. The summed E-state index contributed by atoms with van der Waals surface area (Å²) >= 11 is 1.31. The maximum absolute atomic E-state index is 13.2. The molecular formula is C19H19F3N2OS. The minimum atomic E-state index is -4.51. The zero-order chi connectivity index (χ0) is 18.7. The molecule has 138 valence electrons. The van der Waals surface area contributed by atoms with Gasteiger partial charge in [-0.1, -0.05) is 36.5 Å². The smallest absolute Gasteiger partial charge is 0.299 e. The number of rotatable bonds is 4. The van der Waals surface area contributed by atoms with Crippen molar-refractivity contribution in [1.29, 1.82) is 0 Å². The summed E-state index contributed by atoms with van der Waals surface area (Å²) in [6.07, 6.45) is 9.48. The number of alkyl halides is 3. The summed E-state index contributed by atoms with van der Waals surface area (Å²) in [4.78, 5) is 12.3. The Hall–Kier alpha value is -2.02. The summed E-state index contributed by atoms with van der Waals surface area (Å²) in [7, 11) is 0. The molecule has 0 radical (unpaired) electrons. The highest BCUT2D eigenvalue weighted by atomic mass is 32.2. The number of allylic oxidation sites excluding steroid dienone is 7. The van der Waals surface area contributed by atoms with Gasteiger partial charge in [-0.25, -0.2) is 0 Å². The summed E-state index contributed by atoms with van der Waals surface area (Å²) < 4.78 is 40.9. The van der Waals surface area contributed by atoms with Gasteiger partial charge in [-0.2, -0.15) is 18.3 Å². The normalized spacial score (nSPS) is 25.0. The average Bonchev–Trinajstić information content (AvgIpc) is 3.16. The van der Waals surface area contributed by atoms with E-state index < -0.39 is 11.9 Å². The van der Waals surface area contributed by atoms with Crippen molar-refractivity contribution >= 4 is 22.5 Å². The highest BCUT2D eigenvalue weighted by Gasteiger charge is 2.36. The molecule has 1 aliphatic heterocycles. The first-order valence-corrected chi connectivity index (χ1v) is 9.27. The first-order valence-electron chi connectivity index (χ1n) is 8.39. The van der Waals surface area contributed by atoms with Gasteiger partial charge < -0.3 is 0 Å². The highest BCUT2D eigenvalue weighted by molar-refractivity contribution is 8.09. The Morgan fingerprint density at radius 3 is 2.81 bits per heavy atom. The molecule has 26 heavy (non-hydrogen) atoms. The summed E-state index contributed by atoms with van der Waals surface area (Å²) in [6, 6.07) is 1.07. The second-order valence-corrected chi connectivity index (χ2v) is 7.49. The Morgan fingerprint density at radius 2 is 2.12 bits per heavy atom. The van der Waals surface area contributed by atoms with Crippen molar-refractivity contribution in [2.24, 2.45) is 0 Å². The third-order valence-corrected chi connectivity index (χ3v) is 5.61. The number of hydrogen-bond acceptors (Lipinski definition) is 3. The van der Waals surface area contributed by atoms with E-state index in [4.69, 9.17) is 0 Å². The summed E-state index contributed by atoms with van der Waals surface area (Å²) in [5, 5.41) is 3.57. The molecule has 1 aromatic heterocycles. The number of halogens is 3. The monoisotopic (exact) mass is 380 g/mol. The second kappa shape index (κ2) is 7.70. The van der Waals surface area contributed by atoms with Crippen molar-refractivity contribution in [3.63, 3.8) is 0 Å². The van der Waals surface area contributed by atoms with Crippen LogP contribution in [0.5, 0.6) is 0 Å². The molecule has 0 amide bonds. The molecule has 7 heteroatoms. The number of hydrogen-bond donors (Lipinski definition) is 0. The summed E-state index contributed by atoms with van der Waals surface area (Å²) in [5.41, 5.74) is 0.378. The van der Waals surface area contributed by atoms with Crippen LogP contribution in [0.4, 0.5) is 13.2 Å². The molecule has 1 aromatic rings. The lowest BCUT2D eigenvalue weighted by molar-refractivity contribution is -0.141. The van der Waals surface area contributed by atoms with Crippen LogP contribution in [0.15, 0.2) is 48.1 Å². The standard InChI is InChI=1S/C19H19F3N2OS/c1-13(25)16-9-10-17(26-16)15-11-18(19(20,21)22)23-24(15)12-14-7-5-3-2-4-6-8-14/h3,5-8,10-11,16H,2,4,9,12H2,1H3/b5-3-,8-6-,14-7+. The van der Waals surface area contributed by atoms with Gasteiger partial charge in [0, 0.05) is 4.91 Å². The van der Waals surface area contributed by atoms with Gasteiger partial charge in [-0.15, -0.1) is 11.8 Å². The van der Waals surface area contributed by atoms with Crippen molar-refractivity contribution in [2.45, 2.75) is 44.2 Å². The minimum Gasteiger partial charge on any atom is -0.299 e. The second-order valence-electron chi connectivity index (χ2n) is 6.24. The maximum atomic E-state index is 13.2. The van der Waals surface area contributed by atoms with Crippen molar-refractivity contribution in [1.82, 2.24) is 9.78 Å².